The van der Waals surface area contributed by atoms with E-state index in [0.717, 1.165) is 31.7 Å². The van der Waals surface area contributed by atoms with Gasteiger partial charge in [0, 0.05) is 31.4 Å². The van der Waals surface area contributed by atoms with Crippen molar-refractivity contribution in [3.05, 3.63) is 18.2 Å². The largest absolute Gasteiger partial charge is 0.454 e. The first-order valence-electron chi connectivity index (χ1n) is 9.57. The monoisotopic (exact) mass is 376 g/mol. The van der Waals surface area contributed by atoms with Crippen LogP contribution in [0.3, 0.4) is 0 Å². The number of benzene rings is 1. The zero-order valence-corrected chi connectivity index (χ0v) is 16.1. The molecule has 0 bridgehead atoms. The molecule has 1 saturated heterocycles. The molecule has 0 atom stereocenters. The molecule has 8 nitrogen and oxygen atoms in total. The number of carbonyl (C=O) groups excluding carboxylic acids is 2. The molecule has 27 heavy (non-hydrogen) atoms. The summed E-state index contributed by atoms with van der Waals surface area (Å²) in [6.07, 6.45) is 0.907. The van der Waals surface area contributed by atoms with Crippen LogP contribution < -0.4 is 19.7 Å². The van der Waals surface area contributed by atoms with E-state index in [9.17, 15) is 9.59 Å². The zero-order chi connectivity index (χ0) is 19.2. The Labute approximate surface area is 160 Å². The predicted molar refractivity (Wildman–Crippen MR) is 102 cm³/mol. The fraction of sp³-hybridized carbons (Fsp3) is 0.579. The van der Waals surface area contributed by atoms with Crippen molar-refractivity contribution in [1.29, 1.82) is 0 Å². The first-order chi connectivity index (χ1) is 13.1. The van der Waals surface area contributed by atoms with Crippen LogP contribution in [0, 0.1) is 0 Å². The normalized spacial score (nSPS) is 15.7. The number of fused-ring (bicyclic) bond motifs is 1. The van der Waals surface area contributed by atoms with E-state index >= 15 is 0 Å². The SMILES string of the molecule is CCN(CC)CCCNC(=O)CN1CCN(c2ccc3c(c2)OCO3)C1=O. The fourth-order valence-electron chi connectivity index (χ4n) is 3.32. The van der Waals surface area contributed by atoms with Gasteiger partial charge in [-0.05, 0) is 38.2 Å². The topological polar surface area (TPSA) is 74.4 Å². The summed E-state index contributed by atoms with van der Waals surface area (Å²) in [5.41, 5.74) is 0.756. The Bertz CT molecular complexity index is 678. The Balaban J connectivity index is 1.45. The maximum atomic E-state index is 12.6. The highest BCUT2D eigenvalue weighted by molar-refractivity contribution is 5.96. The molecule has 0 radical (unpaired) electrons. The molecule has 3 rings (SSSR count). The van der Waals surface area contributed by atoms with E-state index in [1.54, 1.807) is 21.9 Å². The van der Waals surface area contributed by atoms with E-state index in [2.05, 4.69) is 24.1 Å². The maximum absolute atomic E-state index is 12.6. The molecule has 0 aromatic heterocycles. The van der Waals surface area contributed by atoms with Crippen LogP contribution in [-0.2, 0) is 4.79 Å². The standard InChI is InChI=1S/C19H28N4O4/c1-3-21(4-2)9-5-8-20-18(24)13-22-10-11-23(19(22)25)15-6-7-16-17(12-15)27-14-26-16/h6-7,12H,3-5,8-11,13-14H2,1-2H3,(H,20,24). The molecule has 1 fully saturated rings. The molecule has 2 aliphatic heterocycles. The van der Waals surface area contributed by atoms with Crippen LogP contribution in [-0.4, -0.2) is 74.3 Å². The van der Waals surface area contributed by atoms with Crippen molar-refractivity contribution in [2.45, 2.75) is 20.3 Å². The van der Waals surface area contributed by atoms with Gasteiger partial charge < -0.3 is 24.6 Å². The Morgan fingerprint density at radius 1 is 1.19 bits per heavy atom. The van der Waals surface area contributed by atoms with Gasteiger partial charge in [-0.15, -0.1) is 0 Å². The molecule has 0 saturated carbocycles. The Hall–Kier alpha value is -2.48. The van der Waals surface area contributed by atoms with E-state index in [4.69, 9.17) is 9.47 Å². The minimum absolute atomic E-state index is 0.0884. The third-order valence-corrected chi connectivity index (χ3v) is 4.96. The lowest BCUT2D eigenvalue weighted by atomic mass is 10.2. The van der Waals surface area contributed by atoms with Crippen LogP contribution in [0.5, 0.6) is 11.5 Å². The fourth-order valence-corrected chi connectivity index (χ4v) is 3.32. The smallest absolute Gasteiger partial charge is 0.325 e. The van der Waals surface area contributed by atoms with Gasteiger partial charge in [-0.25, -0.2) is 4.79 Å². The Kier molecular flexibility index (Phi) is 6.39. The molecule has 2 heterocycles. The van der Waals surface area contributed by atoms with Gasteiger partial charge in [0.2, 0.25) is 12.7 Å². The summed E-state index contributed by atoms with van der Waals surface area (Å²) in [6.45, 7) is 9.26. The van der Waals surface area contributed by atoms with Gasteiger partial charge >= 0.3 is 6.03 Å². The number of hydrogen-bond acceptors (Lipinski definition) is 5. The summed E-state index contributed by atoms with van der Waals surface area (Å²) < 4.78 is 10.7. The maximum Gasteiger partial charge on any atom is 0.325 e. The van der Waals surface area contributed by atoms with Crippen LogP contribution in [0.1, 0.15) is 20.3 Å². The van der Waals surface area contributed by atoms with Gasteiger partial charge in [0.1, 0.15) is 6.54 Å². The van der Waals surface area contributed by atoms with E-state index < -0.39 is 0 Å². The molecule has 8 heteroatoms. The molecule has 2 aliphatic rings. The lowest BCUT2D eigenvalue weighted by Crippen LogP contribution is -2.40. The van der Waals surface area contributed by atoms with Crippen molar-refractivity contribution in [2.75, 3.05) is 57.5 Å². The van der Waals surface area contributed by atoms with Gasteiger partial charge in [-0.1, -0.05) is 13.8 Å². The average molecular weight is 376 g/mol. The van der Waals surface area contributed by atoms with E-state index in [-0.39, 0.29) is 25.3 Å². The van der Waals surface area contributed by atoms with Crippen LogP contribution in [0.4, 0.5) is 10.5 Å². The third-order valence-electron chi connectivity index (χ3n) is 4.96. The number of urea groups is 1. The van der Waals surface area contributed by atoms with E-state index in [1.807, 2.05) is 6.07 Å². The van der Waals surface area contributed by atoms with Crippen LogP contribution in [0.15, 0.2) is 18.2 Å². The van der Waals surface area contributed by atoms with Crippen LogP contribution in [0.25, 0.3) is 0 Å². The molecule has 0 spiro atoms. The summed E-state index contributed by atoms with van der Waals surface area (Å²) in [6, 6.07) is 5.28. The molecule has 3 amide bonds. The second-order valence-electron chi connectivity index (χ2n) is 6.62. The van der Waals surface area contributed by atoms with Crippen molar-refractivity contribution in [1.82, 2.24) is 15.1 Å². The van der Waals surface area contributed by atoms with Gasteiger partial charge in [0.05, 0.1) is 0 Å². The number of carbonyl (C=O) groups is 2. The van der Waals surface area contributed by atoms with Crippen molar-refractivity contribution in [3.63, 3.8) is 0 Å². The van der Waals surface area contributed by atoms with Crippen molar-refractivity contribution >= 4 is 17.6 Å². The number of hydrogen-bond donors (Lipinski definition) is 1. The van der Waals surface area contributed by atoms with Gasteiger partial charge in [0.15, 0.2) is 11.5 Å². The van der Waals surface area contributed by atoms with Gasteiger partial charge in [-0.3, -0.25) is 9.69 Å². The molecular weight excluding hydrogens is 348 g/mol. The number of ether oxygens (including phenoxy) is 2. The van der Waals surface area contributed by atoms with Crippen molar-refractivity contribution in [2.24, 2.45) is 0 Å². The van der Waals surface area contributed by atoms with Gasteiger partial charge in [-0.2, -0.15) is 0 Å². The predicted octanol–water partition coefficient (Wildman–Crippen LogP) is 1.51. The lowest BCUT2D eigenvalue weighted by molar-refractivity contribution is -0.121. The highest BCUT2D eigenvalue weighted by Crippen LogP contribution is 2.36. The van der Waals surface area contributed by atoms with E-state index in [0.29, 0.717) is 31.1 Å². The summed E-state index contributed by atoms with van der Waals surface area (Å²) >= 11 is 0. The summed E-state index contributed by atoms with van der Waals surface area (Å²) in [5, 5.41) is 2.91. The minimum Gasteiger partial charge on any atom is -0.454 e. The molecule has 148 valence electrons. The molecule has 0 aliphatic carbocycles. The quantitative estimate of drug-likeness (QED) is 0.661. The number of nitrogens with one attached hydrogen (secondary N) is 1. The number of nitrogens with zero attached hydrogens (tertiary/aromatic N) is 3. The number of rotatable bonds is 9. The lowest BCUT2D eigenvalue weighted by Gasteiger charge is -2.19. The Morgan fingerprint density at radius 3 is 2.74 bits per heavy atom. The second kappa shape index (κ2) is 8.94. The number of anilines is 1. The molecule has 1 aromatic carbocycles. The van der Waals surface area contributed by atoms with Crippen LogP contribution >= 0.6 is 0 Å². The summed E-state index contributed by atoms with van der Waals surface area (Å²) in [4.78, 5) is 30.3. The summed E-state index contributed by atoms with van der Waals surface area (Å²) in [7, 11) is 0. The van der Waals surface area contributed by atoms with Crippen LogP contribution in [0.2, 0.25) is 0 Å². The molecular formula is C19H28N4O4. The first-order valence-corrected chi connectivity index (χ1v) is 9.57. The number of amides is 3. The molecule has 1 N–H and O–H groups in total. The van der Waals surface area contributed by atoms with Crippen molar-refractivity contribution < 1.29 is 19.1 Å². The van der Waals surface area contributed by atoms with Gasteiger partial charge in [0.25, 0.3) is 0 Å². The molecule has 1 aromatic rings. The highest BCUT2D eigenvalue weighted by atomic mass is 16.7. The third kappa shape index (κ3) is 4.63. The second-order valence-corrected chi connectivity index (χ2v) is 6.62. The molecule has 0 unspecified atom stereocenters. The average Bonchev–Trinajstić information content (AvgIpc) is 3.28. The first kappa shape index (κ1) is 19.3. The zero-order valence-electron chi connectivity index (χ0n) is 16.1. The minimum atomic E-state index is -0.160. The highest BCUT2D eigenvalue weighted by Gasteiger charge is 2.31. The summed E-state index contributed by atoms with van der Waals surface area (Å²) in [5.74, 6) is 1.21. The Morgan fingerprint density at radius 2 is 1.96 bits per heavy atom. The van der Waals surface area contributed by atoms with Crippen molar-refractivity contribution in [3.8, 4) is 11.5 Å². The van der Waals surface area contributed by atoms with E-state index in [1.165, 1.54) is 0 Å².